The molecule has 1 aromatic carbocycles. The number of halogens is 1. The zero-order chi connectivity index (χ0) is 12.0. The molecule has 0 radical (unpaired) electrons. The molecule has 1 atom stereocenters. The van der Waals surface area contributed by atoms with Gasteiger partial charge in [-0.15, -0.1) is 0 Å². The van der Waals surface area contributed by atoms with Crippen molar-refractivity contribution in [2.75, 3.05) is 6.54 Å². The first kappa shape index (κ1) is 12.6. The number of hydrogen-bond donors (Lipinski definition) is 2. The molecule has 1 amide bonds. The first-order valence-electron chi connectivity index (χ1n) is 5.33. The minimum absolute atomic E-state index is 0.0799. The van der Waals surface area contributed by atoms with Crippen molar-refractivity contribution in [3.05, 3.63) is 35.6 Å². The van der Waals surface area contributed by atoms with Crippen LogP contribution in [0.25, 0.3) is 0 Å². The second-order valence-electron chi connectivity index (χ2n) is 3.56. The highest BCUT2D eigenvalue weighted by Gasteiger charge is 2.09. The molecule has 0 saturated heterocycles. The largest absolute Gasteiger partial charge is 0.388 e. The Hall–Kier alpha value is -1.42. The van der Waals surface area contributed by atoms with Gasteiger partial charge in [0.25, 0.3) is 0 Å². The van der Waals surface area contributed by atoms with E-state index in [2.05, 4.69) is 5.32 Å². The van der Waals surface area contributed by atoms with E-state index in [0.29, 0.717) is 18.5 Å². The number of hydrogen-bond acceptors (Lipinski definition) is 2. The van der Waals surface area contributed by atoms with Gasteiger partial charge in [-0.3, -0.25) is 4.79 Å². The summed E-state index contributed by atoms with van der Waals surface area (Å²) in [5.41, 5.74) is 0.630. The molecular weight excluding hydrogens is 209 g/mol. The van der Waals surface area contributed by atoms with Gasteiger partial charge in [0.05, 0.1) is 6.10 Å². The predicted molar refractivity (Wildman–Crippen MR) is 59.3 cm³/mol. The van der Waals surface area contributed by atoms with Crippen molar-refractivity contribution in [1.29, 1.82) is 0 Å². The van der Waals surface area contributed by atoms with E-state index in [0.717, 1.165) is 0 Å². The maximum absolute atomic E-state index is 12.6. The van der Waals surface area contributed by atoms with E-state index in [1.807, 2.05) is 6.92 Å². The molecule has 0 aromatic heterocycles. The lowest BCUT2D eigenvalue weighted by atomic mass is 10.0. The summed E-state index contributed by atoms with van der Waals surface area (Å²) >= 11 is 0. The summed E-state index contributed by atoms with van der Waals surface area (Å²) in [6.07, 6.45) is -0.104. The Kier molecular flexibility index (Phi) is 4.92. The van der Waals surface area contributed by atoms with Crippen molar-refractivity contribution in [1.82, 2.24) is 5.32 Å². The summed E-state index contributed by atoms with van der Waals surface area (Å²) in [6, 6.07) is 5.64. The van der Waals surface area contributed by atoms with Crippen LogP contribution in [0.4, 0.5) is 4.39 Å². The molecule has 4 heteroatoms. The zero-order valence-electron chi connectivity index (χ0n) is 9.24. The minimum Gasteiger partial charge on any atom is -0.388 e. The van der Waals surface area contributed by atoms with Gasteiger partial charge in [0, 0.05) is 13.0 Å². The van der Waals surface area contributed by atoms with E-state index in [1.54, 1.807) is 0 Å². The molecule has 16 heavy (non-hydrogen) atoms. The molecule has 0 aliphatic heterocycles. The van der Waals surface area contributed by atoms with Crippen molar-refractivity contribution >= 4 is 5.91 Å². The van der Waals surface area contributed by atoms with E-state index in [4.69, 9.17) is 0 Å². The molecule has 0 bridgehead atoms. The average Bonchev–Trinajstić information content (AvgIpc) is 2.27. The second-order valence-corrected chi connectivity index (χ2v) is 3.56. The summed E-state index contributed by atoms with van der Waals surface area (Å²) in [5, 5.41) is 12.4. The van der Waals surface area contributed by atoms with Crippen LogP contribution in [0, 0.1) is 5.82 Å². The van der Waals surface area contributed by atoms with Crippen LogP contribution in [-0.2, 0) is 4.79 Å². The van der Waals surface area contributed by atoms with Gasteiger partial charge in [-0.1, -0.05) is 12.1 Å². The highest BCUT2D eigenvalue weighted by molar-refractivity contribution is 5.75. The lowest BCUT2D eigenvalue weighted by Gasteiger charge is -2.10. The van der Waals surface area contributed by atoms with Gasteiger partial charge in [0.1, 0.15) is 5.82 Å². The number of aliphatic hydroxyl groups is 1. The van der Waals surface area contributed by atoms with Crippen LogP contribution in [-0.4, -0.2) is 17.6 Å². The van der Waals surface area contributed by atoms with Gasteiger partial charge < -0.3 is 10.4 Å². The standard InChI is InChI=1S/C12H16FNO2/c1-2-14-12(16)8-7-11(15)9-3-5-10(13)6-4-9/h3-6,11,15H,2,7-8H2,1H3,(H,14,16). The molecule has 0 fully saturated rings. The summed E-state index contributed by atoms with van der Waals surface area (Å²) in [6.45, 7) is 2.43. The van der Waals surface area contributed by atoms with Gasteiger partial charge in [0.2, 0.25) is 5.91 Å². The zero-order valence-corrected chi connectivity index (χ0v) is 9.24. The Morgan fingerprint density at radius 2 is 2.06 bits per heavy atom. The summed E-state index contributed by atoms with van der Waals surface area (Å²) in [7, 11) is 0. The number of rotatable bonds is 5. The van der Waals surface area contributed by atoms with Crippen molar-refractivity contribution in [2.24, 2.45) is 0 Å². The van der Waals surface area contributed by atoms with Crippen molar-refractivity contribution in [2.45, 2.75) is 25.9 Å². The maximum atomic E-state index is 12.6. The highest BCUT2D eigenvalue weighted by Crippen LogP contribution is 2.18. The van der Waals surface area contributed by atoms with Crippen LogP contribution >= 0.6 is 0 Å². The molecule has 88 valence electrons. The molecule has 0 heterocycles. The van der Waals surface area contributed by atoms with Crippen molar-refractivity contribution < 1.29 is 14.3 Å². The van der Waals surface area contributed by atoms with Crippen LogP contribution in [0.2, 0.25) is 0 Å². The average molecular weight is 225 g/mol. The van der Waals surface area contributed by atoms with Gasteiger partial charge >= 0.3 is 0 Å². The van der Waals surface area contributed by atoms with E-state index in [-0.39, 0.29) is 18.1 Å². The van der Waals surface area contributed by atoms with Crippen LogP contribution in [0.3, 0.4) is 0 Å². The topological polar surface area (TPSA) is 49.3 Å². The number of amides is 1. The minimum atomic E-state index is -0.719. The molecule has 0 aliphatic carbocycles. The molecule has 0 saturated carbocycles. The number of aliphatic hydroxyl groups excluding tert-OH is 1. The second kappa shape index (κ2) is 6.23. The Bertz CT molecular complexity index is 337. The SMILES string of the molecule is CCNC(=O)CCC(O)c1ccc(F)cc1. The van der Waals surface area contributed by atoms with Gasteiger partial charge in [-0.2, -0.15) is 0 Å². The Labute approximate surface area is 94.3 Å². The fourth-order valence-corrected chi connectivity index (χ4v) is 1.40. The predicted octanol–water partition coefficient (Wildman–Crippen LogP) is 1.78. The third-order valence-electron chi connectivity index (χ3n) is 2.27. The number of carbonyl (C=O) groups is 1. The molecule has 1 aromatic rings. The number of benzene rings is 1. The van der Waals surface area contributed by atoms with Crippen molar-refractivity contribution in [3.63, 3.8) is 0 Å². The molecule has 1 unspecified atom stereocenters. The van der Waals surface area contributed by atoms with Crippen LogP contribution in [0.5, 0.6) is 0 Å². The molecule has 0 spiro atoms. The highest BCUT2D eigenvalue weighted by atomic mass is 19.1. The van der Waals surface area contributed by atoms with Crippen molar-refractivity contribution in [3.8, 4) is 0 Å². The fourth-order valence-electron chi connectivity index (χ4n) is 1.40. The maximum Gasteiger partial charge on any atom is 0.220 e. The summed E-state index contributed by atoms with van der Waals surface area (Å²) < 4.78 is 12.6. The van der Waals surface area contributed by atoms with E-state index < -0.39 is 6.10 Å². The first-order valence-corrected chi connectivity index (χ1v) is 5.33. The lowest BCUT2D eigenvalue weighted by Crippen LogP contribution is -2.22. The normalized spacial score (nSPS) is 12.2. The lowest BCUT2D eigenvalue weighted by molar-refractivity contribution is -0.121. The number of carbonyl (C=O) groups excluding carboxylic acids is 1. The van der Waals surface area contributed by atoms with Gasteiger partial charge in [0.15, 0.2) is 0 Å². The number of nitrogens with one attached hydrogen (secondary N) is 1. The van der Waals surface area contributed by atoms with Crippen LogP contribution in [0.1, 0.15) is 31.4 Å². The Morgan fingerprint density at radius 1 is 1.44 bits per heavy atom. The van der Waals surface area contributed by atoms with E-state index in [9.17, 15) is 14.3 Å². The molecule has 2 N–H and O–H groups in total. The molecule has 3 nitrogen and oxygen atoms in total. The molecule has 0 aliphatic rings. The first-order chi connectivity index (χ1) is 7.63. The molecule has 1 rings (SSSR count). The quantitative estimate of drug-likeness (QED) is 0.802. The van der Waals surface area contributed by atoms with E-state index >= 15 is 0 Å². The monoisotopic (exact) mass is 225 g/mol. The van der Waals surface area contributed by atoms with Gasteiger partial charge in [-0.05, 0) is 31.0 Å². The third kappa shape index (κ3) is 3.98. The summed E-state index contributed by atoms with van der Waals surface area (Å²) in [4.78, 5) is 11.2. The fraction of sp³-hybridized carbons (Fsp3) is 0.417. The van der Waals surface area contributed by atoms with Crippen LogP contribution in [0.15, 0.2) is 24.3 Å². The Morgan fingerprint density at radius 3 is 2.62 bits per heavy atom. The Balaban J connectivity index is 2.43. The molecular formula is C12H16FNO2. The van der Waals surface area contributed by atoms with Gasteiger partial charge in [-0.25, -0.2) is 4.39 Å². The smallest absolute Gasteiger partial charge is 0.220 e. The third-order valence-corrected chi connectivity index (χ3v) is 2.27. The van der Waals surface area contributed by atoms with Crippen LogP contribution < -0.4 is 5.32 Å². The summed E-state index contributed by atoms with van der Waals surface area (Å²) in [5.74, 6) is -0.414. The van der Waals surface area contributed by atoms with E-state index in [1.165, 1.54) is 24.3 Å².